The van der Waals surface area contributed by atoms with Crippen molar-refractivity contribution in [3.63, 3.8) is 0 Å². The van der Waals surface area contributed by atoms with Crippen LogP contribution in [0.2, 0.25) is 0 Å². The molecule has 1 saturated heterocycles. The molecule has 0 radical (unpaired) electrons. The van der Waals surface area contributed by atoms with Crippen LogP contribution in [0.3, 0.4) is 0 Å². The molecule has 1 fully saturated rings. The van der Waals surface area contributed by atoms with Crippen LogP contribution in [0, 0.1) is 5.92 Å². The zero-order valence-electron chi connectivity index (χ0n) is 16.3. The summed E-state index contributed by atoms with van der Waals surface area (Å²) in [5.74, 6) is 0.235. The fraction of sp³-hybridized carbons (Fsp3) is 0.476. The first-order chi connectivity index (χ1) is 13.5. The lowest BCUT2D eigenvalue weighted by molar-refractivity contribution is -0.149. The molecule has 0 saturated carbocycles. The molecule has 2 aliphatic rings. The minimum absolute atomic E-state index is 0.0116. The van der Waals surface area contributed by atoms with Gasteiger partial charge in [0.2, 0.25) is 5.91 Å². The number of hydrogen-bond donors (Lipinski definition) is 2. The third-order valence-electron chi connectivity index (χ3n) is 5.31. The Kier molecular flexibility index (Phi) is 5.17. The number of aromatic nitrogens is 2. The normalized spacial score (nSPS) is 18.8. The first-order valence-electron chi connectivity index (χ1n) is 9.86. The predicted octanol–water partition coefficient (Wildman–Crippen LogP) is 1.79. The van der Waals surface area contributed by atoms with Crippen LogP contribution in [0.4, 0.5) is 0 Å². The number of H-pyrrole nitrogens is 1. The van der Waals surface area contributed by atoms with Gasteiger partial charge in [0.15, 0.2) is 0 Å². The van der Waals surface area contributed by atoms with Gasteiger partial charge in [-0.15, -0.1) is 0 Å². The van der Waals surface area contributed by atoms with Crippen molar-refractivity contribution in [2.45, 2.75) is 32.8 Å². The summed E-state index contributed by atoms with van der Waals surface area (Å²) in [4.78, 5) is 26.5. The van der Waals surface area contributed by atoms with Crippen molar-refractivity contribution in [1.29, 1.82) is 0 Å². The van der Waals surface area contributed by atoms with E-state index in [1.54, 1.807) is 0 Å². The lowest BCUT2D eigenvalue weighted by Gasteiger charge is -2.33. The summed E-state index contributed by atoms with van der Waals surface area (Å²) in [6.45, 7) is 5.82. The number of hydrogen-bond acceptors (Lipinski definition) is 4. The Morgan fingerprint density at radius 3 is 3.00 bits per heavy atom. The maximum absolute atomic E-state index is 12.7. The average Bonchev–Trinajstić information content (AvgIpc) is 3.12. The van der Waals surface area contributed by atoms with Crippen LogP contribution in [-0.2, 0) is 22.4 Å². The highest BCUT2D eigenvalue weighted by Crippen LogP contribution is 2.33. The Labute approximate surface area is 164 Å². The smallest absolute Gasteiger partial charge is 0.269 e. The number of aromatic amines is 1. The highest BCUT2D eigenvalue weighted by atomic mass is 16.5. The van der Waals surface area contributed by atoms with Crippen molar-refractivity contribution in [1.82, 2.24) is 20.4 Å². The maximum Gasteiger partial charge on any atom is 0.269 e. The van der Waals surface area contributed by atoms with Gasteiger partial charge in [0, 0.05) is 30.8 Å². The molecule has 2 aromatic rings. The summed E-state index contributed by atoms with van der Waals surface area (Å²) < 4.78 is 5.60. The maximum atomic E-state index is 12.7. The SMILES string of the molecule is CC(C)CN1CC(CNC(=O)c2[nH]nc3c2CCc2ccccc2-3)OCC1=O. The Hall–Kier alpha value is -2.67. The van der Waals surface area contributed by atoms with E-state index >= 15 is 0 Å². The molecule has 0 bridgehead atoms. The molecular weight excluding hydrogens is 356 g/mol. The number of fused-ring (bicyclic) bond motifs is 3. The second kappa shape index (κ2) is 7.75. The Balaban J connectivity index is 1.41. The Bertz CT molecular complexity index is 890. The summed E-state index contributed by atoms with van der Waals surface area (Å²) in [6, 6.07) is 8.18. The molecule has 1 aliphatic heterocycles. The number of nitrogens with one attached hydrogen (secondary N) is 2. The number of ether oxygens (including phenoxy) is 1. The lowest BCUT2D eigenvalue weighted by Crippen LogP contribution is -2.51. The van der Waals surface area contributed by atoms with Gasteiger partial charge >= 0.3 is 0 Å². The van der Waals surface area contributed by atoms with Gasteiger partial charge in [-0.05, 0) is 24.3 Å². The van der Waals surface area contributed by atoms with E-state index in [0.29, 0.717) is 31.2 Å². The first-order valence-corrected chi connectivity index (χ1v) is 9.86. The van der Waals surface area contributed by atoms with Crippen molar-refractivity contribution in [2.24, 2.45) is 5.92 Å². The number of carbonyl (C=O) groups excluding carboxylic acids is 2. The molecule has 2 amide bonds. The summed E-state index contributed by atoms with van der Waals surface area (Å²) in [6.07, 6.45) is 1.50. The summed E-state index contributed by atoms with van der Waals surface area (Å²) in [7, 11) is 0. The number of aryl methyl sites for hydroxylation is 1. The third-order valence-corrected chi connectivity index (χ3v) is 5.31. The first kappa shape index (κ1) is 18.7. The molecule has 148 valence electrons. The van der Waals surface area contributed by atoms with Crippen LogP contribution in [-0.4, -0.2) is 59.3 Å². The summed E-state index contributed by atoms with van der Waals surface area (Å²) in [5, 5.41) is 10.3. The molecule has 7 nitrogen and oxygen atoms in total. The highest BCUT2D eigenvalue weighted by molar-refractivity contribution is 5.96. The number of carbonyl (C=O) groups is 2. The quantitative estimate of drug-likeness (QED) is 0.825. The van der Waals surface area contributed by atoms with Gasteiger partial charge in [0.1, 0.15) is 12.3 Å². The van der Waals surface area contributed by atoms with E-state index < -0.39 is 0 Å². The second-order valence-corrected chi connectivity index (χ2v) is 7.92. The zero-order chi connectivity index (χ0) is 19.7. The van der Waals surface area contributed by atoms with Gasteiger partial charge < -0.3 is 15.0 Å². The minimum Gasteiger partial charge on any atom is -0.365 e. The monoisotopic (exact) mass is 382 g/mol. The molecule has 7 heteroatoms. The van der Waals surface area contributed by atoms with Crippen LogP contribution < -0.4 is 5.32 Å². The topological polar surface area (TPSA) is 87.3 Å². The predicted molar refractivity (Wildman–Crippen MR) is 105 cm³/mol. The average molecular weight is 382 g/mol. The van der Waals surface area contributed by atoms with Crippen molar-refractivity contribution >= 4 is 11.8 Å². The van der Waals surface area contributed by atoms with Crippen molar-refractivity contribution in [2.75, 3.05) is 26.2 Å². The second-order valence-electron chi connectivity index (χ2n) is 7.92. The fourth-order valence-electron chi connectivity index (χ4n) is 3.96. The van der Waals surface area contributed by atoms with Gasteiger partial charge in [-0.2, -0.15) is 5.10 Å². The molecule has 2 heterocycles. The lowest BCUT2D eigenvalue weighted by atomic mass is 9.89. The van der Waals surface area contributed by atoms with Crippen molar-refractivity contribution in [3.05, 3.63) is 41.1 Å². The van der Waals surface area contributed by atoms with Crippen LogP contribution in [0.15, 0.2) is 24.3 Å². The number of nitrogens with zero attached hydrogens (tertiary/aromatic N) is 2. The van der Waals surface area contributed by atoms with Gasteiger partial charge in [0.25, 0.3) is 5.91 Å². The Morgan fingerprint density at radius 1 is 1.36 bits per heavy atom. The number of rotatable bonds is 5. The van der Waals surface area contributed by atoms with E-state index in [9.17, 15) is 9.59 Å². The minimum atomic E-state index is -0.195. The fourth-order valence-corrected chi connectivity index (χ4v) is 3.96. The molecule has 4 rings (SSSR count). The largest absolute Gasteiger partial charge is 0.365 e. The van der Waals surface area contributed by atoms with E-state index in [2.05, 4.69) is 35.4 Å². The Morgan fingerprint density at radius 2 is 2.18 bits per heavy atom. The van der Waals surface area contributed by atoms with E-state index in [-0.39, 0.29) is 24.5 Å². The van der Waals surface area contributed by atoms with Gasteiger partial charge in [-0.3, -0.25) is 14.7 Å². The molecular formula is C21H26N4O3. The van der Waals surface area contributed by atoms with E-state index in [1.807, 2.05) is 23.1 Å². The van der Waals surface area contributed by atoms with Gasteiger partial charge in [0.05, 0.1) is 11.8 Å². The van der Waals surface area contributed by atoms with Crippen molar-refractivity contribution in [3.8, 4) is 11.3 Å². The molecule has 28 heavy (non-hydrogen) atoms. The van der Waals surface area contributed by atoms with Crippen LogP contribution in [0.25, 0.3) is 11.3 Å². The van der Waals surface area contributed by atoms with E-state index in [4.69, 9.17) is 4.74 Å². The summed E-state index contributed by atoms with van der Waals surface area (Å²) >= 11 is 0. The van der Waals surface area contributed by atoms with Crippen LogP contribution >= 0.6 is 0 Å². The van der Waals surface area contributed by atoms with Crippen LogP contribution in [0.5, 0.6) is 0 Å². The van der Waals surface area contributed by atoms with E-state index in [0.717, 1.165) is 29.7 Å². The number of morpholine rings is 1. The van der Waals surface area contributed by atoms with Gasteiger partial charge in [-0.1, -0.05) is 38.1 Å². The molecule has 0 spiro atoms. The van der Waals surface area contributed by atoms with Gasteiger partial charge in [-0.25, -0.2) is 0 Å². The molecule has 1 aromatic carbocycles. The molecule has 1 aliphatic carbocycles. The molecule has 1 unspecified atom stereocenters. The molecule has 1 aromatic heterocycles. The number of amides is 2. The molecule has 1 atom stereocenters. The molecule has 2 N–H and O–H groups in total. The van der Waals surface area contributed by atoms with Crippen LogP contribution in [0.1, 0.15) is 35.5 Å². The standard InChI is InChI=1S/C21H26N4O3/c1-13(2)10-25-11-15(28-12-18(25)26)9-22-21(27)20-17-8-7-14-5-3-4-6-16(14)19(17)23-24-20/h3-6,13,15H,7-12H2,1-2H3,(H,22,27)(H,23,24). The number of benzene rings is 1. The van der Waals surface area contributed by atoms with E-state index in [1.165, 1.54) is 5.56 Å². The van der Waals surface area contributed by atoms with Crippen molar-refractivity contribution < 1.29 is 14.3 Å². The highest BCUT2D eigenvalue weighted by Gasteiger charge is 2.28. The summed E-state index contributed by atoms with van der Waals surface area (Å²) in [5.41, 5.74) is 4.72. The zero-order valence-corrected chi connectivity index (χ0v) is 16.3. The third kappa shape index (κ3) is 3.67.